The second kappa shape index (κ2) is 8.21. The molecular formula is C13H16N2O4S. The Balaban J connectivity index is 2.55. The van der Waals surface area contributed by atoms with Crippen LogP contribution < -0.4 is 10.6 Å². The summed E-state index contributed by atoms with van der Waals surface area (Å²) in [5.74, 6) is -0.814. The Morgan fingerprint density at radius 1 is 1.25 bits per heavy atom. The van der Waals surface area contributed by atoms with Crippen molar-refractivity contribution in [1.29, 1.82) is 0 Å². The second-order valence-corrected chi connectivity index (χ2v) is 4.79. The molecule has 2 N–H and O–H groups in total. The van der Waals surface area contributed by atoms with Gasteiger partial charge in [0.15, 0.2) is 0 Å². The van der Waals surface area contributed by atoms with Crippen molar-refractivity contribution >= 4 is 35.2 Å². The lowest BCUT2D eigenvalue weighted by molar-refractivity contribution is -0.137. The van der Waals surface area contributed by atoms with Crippen LogP contribution in [0.1, 0.15) is 5.56 Å². The van der Waals surface area contributed by atoms with Crippen LogP contribution in [0.15, 0.2) is 24.3 Å². The monoisotopic (exact) mass is 296 g/mol. The maximum Gasteiger partial charge on any atom is 0.315 e. The van der Waals surface area contributed by atoms with E-state index in [9.17, 15) is 14.4 Å². The smallest absolute Gasteiger partial charge is 0.315 e. The Kier molecular flexibility index (Phi) is 6.58. The van der Waals surface area contributed by atoms with Crippen LogP contribution in [-0.4, -0.2) is 37.7 Å². The number of ether oxygens (including phenoxy) is 1. The number of benzene rings is 1. The van der Waals surface area contributed by atoms with Crippen LogP contribution in [0.25, 0.3) is 0 Å². The molecule has 0 fully saturated rings. The second-order valence-electron chi connectivity index (χ2n) is 3.80. The zero-order chi connectivity index (χ0) is 15.0. The van der Waals surface area contributed by atoms with E-state index in [4.69, 9.17) is 0 Å². The summed E-state index contributed by atoms with van der Waals surface area (Å²) in [6.45, 7) is 0. The number of anilines is 1. The Morgan fingerprint density at radius 2 is 2.00 bits per heavy atom. The van der Waals surface area contributed by atoms with Crippen molar-refractivity contribution in [2.45, 2.75) is 5.75 Å². The fraction of sp³-hybridized carbons (Fsp3) is 0.308. The number of methoxy groups -OCH3 is 1. The third-order valence-electron chi connectivity index (χ3n) is 2.33. The van der Waals surface area contributed by atoms with Gasteiger partial charge in [-0.05, 0) is 17.7 Å². The Labute approximate surface area is 121 Å². The summed E-state index contributed by atoms with van der Waals surface area (Å²) in [7, 11) is 2.74. The first-order valence-corrected chi connectivity index (χ1v) is 6.99. The van der Waals surface area contributed by atoms with E-state index >= 15 is 0 Å². The molecule has 2 amide bonds. The van der Waals surface area contributed by atoms with E-state index in [-0.39, 0.29) is 11.7 Å². The first-order valence-electron chi connectivity index (χ1n) is 5.83. The van der Waals surface area contributed by atoms with Gasteiger partial charge in [-0.2, -0.15) is 0 Å². The van der Waals surface area contributed by atoms with Crippen molar-refractivity contribution in [3.8, 4) is 0 Å². The number of nitrogens with one attached hydrogen (secondary N) is 2. The van der Waals surface area contributed by atoms with Gasteiger partial charge >= 0.3 is 17.8 Å². The molecule has 20 heavy (non-hydrogen) atoms. The number of likely N-dealkylation sites (N-methyl/N-ethyl adjacent to an activating group) is 1. The largest absolute Gasteiger partial charge is 0.468 e. The van der Waals surface area contributed by atoms with Crippen LogP contribution in [-0.2, 0) is 24.9 Å². The lowest BCUT2D eigenvalue weighted by Crippen LogP contribution is -2.32. The van der Waals surface area contributed by atoms with Crippen molar-refractivity contribution in [3.05, 3.63) is 29.8 Å². The highest BCUT2D eigenvalue weighted by molar-refractivity contribution is 7.99. The fourth-order valence-corrected chi connectivity index (χ4v) is 2.15. The summed E-state index contributed by atoms with van der Waals surface area (Å²) in [5.41, 5.74) is 1.48. The van der Waals surface area contributed by atoms with E-state index in [0.29, 0.717) is 11.4 Å². The number of hydrogen-bond acceptors (Lipinski definition) is 5. The molecule has 6 nitrogen and oxygen atoms in total. The molecule has 0 saturated heterocycles. The van der Waals surface area contributed by atoms with Gasteiger partial charge in [-0.15, -0.1) is 11.8 Å². The molecule has 0 heterocycles. The number of amides is 2. The van der Waals surface area contributed by atoms with E-state index in [1.807, 2.05) is 6.07 Å². The average Bonchev–Trinajstić information content (AvgIpc) is 2.46. The highest BCUT2D eigenvalue weighted by atomic mass is 32.2. The summed E-state index contributed by atoms with van der Waals surface area (Å²) in [6, 6.07) is 7.09. The third-order valence-corrected chi connectivity index (χ3v) is 3.31. The minimum atomic E-state index is -0.716. The fourth-order valence-electron chi connectivity index (χ4n) is 1.35. The van der Waals surface area contributed by atoms with Crippen LogP contribution in [0.2, 0.25) is 0 Å². The lowest BCUT2D eigenvalue weighted by atomic mass is 10.2. The van der Waals surface area contributed by atoms with Gasteiger partial charge in [0.05, 0.1) is 12.9 Å². The highest BCUT2D eigenvalue weighted by Crippen LogP contribution is 2.16. The molecule has 0 aliphatic carbocycles. The van der Waals surface area contributed by atoms with Gasteiger partial charge in [-0.25, -0.2) is 0 Å². The normalized spacial score (nSPS) is 9.70. The van der Waals surface area contributed by atoms with Crippen molar-refractivity contribution in [2.24, 2.45) is 0 Å². The molecule has 0 atom stereocenters. The Bertz CT molecular complexity index is 505. The Hall–Kier alpha value is -2.02. The van der Waals surface area contributed by atoms with E-state index in [2.05, 4.69) is 15.4 Å². The maximum absolute atomic E-state index is 11.4. The number of esters is 1. The molecule has 0 aliphatic heterocycles. The predicted octanol–water partition coefficient (Wildman–Crippen LogP) is 0.777. The van der Waals surface area contributed by atoms with Gasteiger partial charge in [0.25, 0.3) is 0 Å². The molecule has 1 rings (SSSR count). The SMILES string of the molecule is CNC(=O)C(=O)Nc1cccc(CSCC(=O)OC)c1. The van der Waals surface area contributed by atoms with Gasteiger partial charge in [0.1, 0.15) is 0 Å². The Morgan fingerprint density at radius 3 is 2.65 bits per heavy atom. The summed E-state index contributed by atoms with van der Waals surface area (Å²) in [5, 5.41) is 4.74. The predicted molar refractivity (Wildman–Crippen MR) is 77.3 cm³/mol. The number of hydrogen-bond donors (Lipinski definition) is 2. The minimum Gasteiger partial charge on any atom is -0.468 e. The zero-order valence-electron chi connectivity index (χ0n) is 11.3. The first kappa shape index (κ1) is 16.0. The molecule has 0 bridgehead atoms. The van der Waals surface area contributed by atoms with E-state index in [1.165, 1.54) is 25.9 Å². The maximum atomic E-state index is 11.4. The molecule has 0 aromatic heterocycles. The molecule has 108 valence electrons. The summed E-state index contributed by atoms with van der Waals surface area (Å²) < 4.78 is 4.54. The molecule has 0 saturated carbocycles. The standard InChI is InChI=1S/C13H16N2O4S/c1-14-12(17)13(18)15-10-5-3-4-9(6-10)7-20-8-11(16)19-2/h3-6H,7-8H2,1-2H3,(H,14,17)(H,15,18). The van der Waals surface area contributed by atoms with Crippen molar-refractivity contribution < 1.29 is 19.1 Å². The van der Waals surface area contributed by atoms with Gasteiger partial charge < -0.3 is 15.4 Å². The van der Waals surface area contributed by atoms with Gasteiger partial charge in [-0.1, -0.05) is 12.1 Å². The van der Waals surface area contributed by atoms with E-state index < -0.39 is 11.8 Å². The zero-order valence-corrected chi connectivity index (χ0v) is 12.1. The van der Waals surface area contributed by atoms with E-state index in [1.54, 1.807) is 18.2 Å². The molecule has 7 heteroatoms. The van der Waals surface area contributed by atoms with Crippen molar-refractivity contribution in [2.75, 3.05) is 25.2 Å². The van der Waals surface area contributed by atoms with Crippen LogP contribution in [0, 0.1) is 0 Å². The molecule has 0 unspecified atom stereocenters. The number of rotatable bonds is 5. The first-order chi connectivity index (χ1) is 9.56. The van der Waals surface area contributed by atoms with Crippen LogP contribution >= 0.6 is 11.8 Å². The van der Waals surface area contributed by atoms with Crippen LogP contribution in [0.3, 0.4) is 0 Å². The van der Waals surface area contributed by atoms with Gasteiger partial charge in [0, 0.05) is 18.5 Å². The molecule has 0 aliphatic rings. The summed E-state index contributed by atoms with van der Waals surface area (Å²) >= 11 is 1.41. The third kappa shape index (κ3) is 5.31. The van der Waals surface area contributed by atoms with E-state index in [0.717, 1.165) is 5.56 Å². The molecule has 1 aromatic carbocycles. The highest BCUT2D eigenvalue weighted by Gasteiger charge is 2.11. The van der Waals surface area contributed by atoms with Crippen LogP contribution in [0.4, 0.5) is 5.69 Å². The van der Waals surface area contributed by atoms with Gasteiger partial charge in [0.2, 0.25) is 0 Å². The molecule has 0 spiro atoms. The number of carbonyl (C=O) groups excluding carboxylic acids is 3. The number of carbonyl (C=O) groups is 3. The summed E-state index contributed by atoms with van der Waals surface area (Å²) in [4.78, 5) is 33.5. The van der Waals surface area contributed by atoms with Gasteiger partial charge in [-0.3, -0.25) is 14.4 Å². The van der Waals surface area contributed by atoms with Crippen molar-refractivity contribution in [1.82, 2.24) is 5.32 Å². The average molecular weight is 296 g/mol. The molecule has 0 radical (unpaired) electrons. The minimum absolute atomic E-state index is 0.269. The molecular weight excluding hydrogens is 280 g/mol. The number of thioether (sulfide) groups is 1. The lowest BCUT2D eigenvalue weighted by Gasteiger charge is -2.06. The van der Waals surface area contributed by atoms with Crippen molar-refractivity contribution in [3.63, 3.8) is 0 Å². The quantitative estimate of drug-likeness (QED) is 0.619. The molecule has 1 aromatic rings. The summed E-state index contributed by atoms with van der Waals surface area (Å²) in [6.07, 6.45) is 0. The topological polar surface area (TPSA) is 84.5 Å². The van der Waals surface area contributed by atoms with Crippen LogP contribution in [0.5, 0.6) is 0 Å².